The Morgan fingerprint density at radius 2 is 1.83 bits per heavy atom. The van der Waals surface area contributed by atoms with Crippen LogP contribution in [-0.2, 0) is 16.4 Å². The maximum Gasteiger partial charge on any atom is 0.293 e. The molecular weight excluding hydrogens is 330 g/mol. The fourth-order valence-corrected chi connectivity index (χ4v) is 3.01. The van der Waals surface area contributed by atoms with Crippen molar-refractivity contribution in [3.63, 3.8) is 0 Å². The van der Waals surface area contributed by atoms with Gasteiger partial charge in [-0.25, -0.2) is 13.1 Å². The Bertz CT molecular complexity index is 807. The summed E-state index contributed by atoms with van der Waals surface area (Å²) >= 11 is 0. The molecule has 0 unspecified atom stereocenters. The van der Waals surface area contributed by atoms with Gasteiger partial charge in [0, 0.05) is 12.6 Å². The number of benzene rings is 2. The van der Waals surface area contributed by atoms with Crippen LogP contribution < -0.4 is 10.0 Å². The smallest absolute Gasteiger partial charge is 0.293 e. The lowest BCUT2D eigenvalue weighted by Crippen LogP contribution is -2.18. The van der Waals surface area contributed by atoms with Crippen LogP contribution in [0.2, 0.25) is 0 Å². The first-order valence-corrected chi connectivity index (χ1v) is 8.92. The summed E-state index contributed by atoms with van der Waals surface area (Å²) in [5.74, 6) is 0. The highest BCUT2D eigenvalue weighted by Gasteiger charge is 2.20. The van der Waals surface area contributed by atoms with Gasteiger partial charge < -0.3 is 5.32 Å². The average molecular weight is 349 g/mol. The minimum Gasteiger partial charge on any atom is -0.379 e. The zero-order valence-electron chi connectivity index (χ0n) is 13.2. The van der Waals surface area contributed by atoms with Crippen molar-refractivity contribution in [3.05, 3.63) is 64.2 Å². The van der Waals surface area contributed by atoms with E-state index in [2.05, 4.69) is 10.0 Å². The maximum atomic E-state index is 11.8. The van der Waals surface area contributed by atoms with E-state index in [9.17, 15) is 18.5 Å². The average Bonchev–Trinajstić information content (AvgIpc) is 2.59. The lowest BCUT2D eigenvalue weighted by molar-refractivity contribution is -0.384. The van der Waals surface area contributed by atoms with E-state index in [0.29, 0.717) is 12.2 Å². The molecule has 24 heavy (non-hydrogen) atoms. The summed E-state index contributed by atoms with van der Waals surface area (Å²) < 4.78 is 25.6. The van der Waals surface area contributed by atoms with E-state index in [1.165, 1.54) is 24.7 Å². The quantitative estimate of drug-likeness (QED) is 0.433. The zero-order chi connectivity index (χ0) is 17.6. The fourth-order valence-electron chi connectivity index (χ4n) is 2.26. The summed E-state index contributed by atoms with van der Waals surface area (Å²) in [6.45, 7) is 0.549. The van der Waals surface area contributed by atoms with E-state index in [4.69, 9.17) is 0 Å². The van der Waals surface area contributed by atoms with Gasteiger partial charge in [0.2, 0.25) is 10.0 Å². The Labute approximate surface area is 140 Å². The lowest BCUT2D eigenvalue weighted by atomic mass is 10.1. The lowest BCUT2D eigenvalue weighted by Gasteiger charge is -2.09. The molecule has 0 saturated heterocycles. The van der Waals surface area contributed by atoms with Crippen LogP contribution >= 0.6 is 0 Å². The van der Waals surface area contributed by atoms with Crippen molar-refractivity contribution in [2.45, 2.75) is 17.7 Å². The van der Waals surface area contributed by atoms with Gasteiger partial charge >= 0.3 is 0 Å². The number of nitro benzene ring substituents is 1. The topological polar surface area (TPSA) is 101 Å². The van der Waals surface area contributed by atoms with E-state index >= 15 is 0 Å². The van der Waals surface area contributed by atoms with Crippen molar-refractivity contribution in [2.75, 3.05) is 18.9 Å². The molecule has 7 nitrogen and oxygen atoms in total. The largest absolute Gasteiger partial charge is 0.379 e. The van der Waals surface area contributed by atoms with E-state index in [-0.39, 0.29) is 10.6 Å². The third-order valence-corrected chi connectivity index (χ3v) is 4.96. The highest BCUT2D eigenvalue weighted by molar-refractivity contribution is 7.89. The van der Waals surface area contributed by atoms with Gasteiger partial charge in [0.05, 0.1) is 9.82 Å². The van der Waals surface area contributed by atoms with Crippen LogP contribution in [0.4, 0.5) is 11.4 Å². The first-order chi connectivity index (χ1) is 11.4. The molecule has 2 N–H and O–H groups in total. The summed E-state index contributed by atoms with van der Waals surface area (Å²) in [6.07, 6.45) is 1.66. The summed E-state index contributed by atoms with van der Waals surface area (Å²) in [5, 5.41) is 14.2. The van der Waals surface area contributed by atoms with Crippen molar-refractivity contribution in [2.24, 2.45) is 0 Å². The summed E-state index contributed by atoms with van der Waals surface area (Å²) in [5.41, 5.74) is 1.25. The highest BCUT2D eigenvalue weighted by Crippen LogP contribution is 2.27. The molecule has 0 aliphatic rings. The van der Waals surface area contributed by atoms with Gasteiger partial charge in [-0.15, -0.1) is 0 Å². The Balaban J connectivity index is 2.05. The van der Waals surface area contributed by atoms with Gasteiger partial charge in [-0.2, -0.15) is 0 Å². The van der Waals surface area contributed by atoms with Gasteiger partial charge in [-0.05, 0) is 37.6 Å². The molecule has 0 atom stereocenters. The molecule has 2 aromatic carbocycles. The van der Waals surface area contributed by atoms with Gasteiger partial charge in [0.1, 0.15) is 5.69 Å². The second-order valence-electron chi connectivity index (χ2n) is 5.16. The van der Waals surface area contributed by atoms with Crippen LogP contribution in [0.3, 0.4) is 0 Å². The molecule has 0 aliphatic carbocycles. The molecule has 2 rings (SSSR count). The number of hydrogen-bond acceptors (Lipinski definition) is 5. The summed E-state index contributed by atoms with van der Waals surface area (Å²) in [4.78, 5) is 10.5. The van der Waals surface area contributed by atoms with Crippen molar-refractivity contribution >= 4 is 21.4 Å². The van der Waals surface area contributed by atoms with Crippen molar-refractivity contribution in [1.82, 2.24) is 4.72 Å². The van der Waals surface area contributed by atoms with Crippen LogP contribution in [0.5, 0.6) is 0 Å². The standard InChI is InChI=1S/C16H19N3O4S/c1-17-24(22,23)14-9-10-15(16(12-14)19(20)21)18-11-5-8-13-6-3-2-4-7-13/h2-4,6-7,9-10,12,17-18H,5,8,11H2,1H3. The monoisotopic (exact) mass is 349 g/mol. The predicted octanol–water partition coefficient (Wildman–Crippen LogP) is 2.55. The number of nitro groups is 1. The number of rotatable bonds is 8. The molecule has 0 aromatic heterocycles. The highest BCUT2D eigenvalue weighted by atomic mass is 32.2. The van der Waals surface area contributed by atoms with Crippen molar-refractivity contribution in [1.29, 1.82) is 0 Å². The molecule has 0 radical (unpaired) electrons. The first-order valence-electron chi connectivity index (χ1n) is 7.44. The van der Waals surface area contributed by atoms with Gasteiger partial charge in [0.15, 0.2) is 0 Å². The summed E-state index contributed by atoms with van der Waals surface area (Å²) in [7, 11) is -2.45. The molecule has 0 spiro atoms. The minimum absolute atomic E-state index is 0.133. The van der Waals surface area contributed by atoms with Gasteiger partial charge in [-0.3, -0.25) is 10.1 Å². The SMILES string of the molecule is CNS(=O)(=O)c1ccc(NCCCc2ccccc2)c([N+](=O)[O-])c1. The summed E-state index contributed by atoms with van der Waals surface area (Å²) in [6, 6.07) is 13.8. The number of hydrogen-bond donors (Lipinski definition) is 2. The molecule has 0 bridgehead atoms. The molecule has 8 heteroatoms. The number of aryl methyl sites for hydroxylation is 1. The Morgan fingerprint density at radius 3 is 2.46 bits per heavy atom. The third kappa shape index (κ3) is 4.53. The Kier molecular flexibility index (Phi) is 5.88. The third-order valence-electron chi connectivity index (χ3n) is 3.55. The normalized spacial score (nSPS) is 11.2. The van der Waals surface area contributed by atoms with Crippen molar-refractivity contribution in [3.8, 4) is 0 Å². The first kappa shape index (κ1) is 17.9. The van der Waals surface area contributed by atoms with E-state index < -0.39 is 14.9 Å². The number of nitrogens with one attached hydrogen (secondary N) is 2. The molecule has 0 aliphatic heterocycles. The van der Waals surface area contributed by atoms with Gasteiger partial charge in [0.25, 0.3) is 5.69 Å². The van der Waals surface area contributed by atoms with Crippen molar-refractivity contribution < 1.29 is 13.3 Å². The van der Waals surface area contributed by atoms with Crippen LogP contribution in [0.1, 0.15) is 12.0 Å². The van der Waals surface area contributed by atoms with Crippen LogP contribution in [-0.4, -0.2) is 26.9 Å². The molecule has 0 heterocycles. The second kappa shape index (κ2) is 7.89. The fraction of sp³-hybridized carbons (Fsp3) is 0.250. The molecule has 0 fully saturated rings. The second-order valence-corrected chi connectivity index (χ2v) is 7.05. The number of sulfonamides is 1. The van der Waals surface area contributed by atoms with Crippen LogP contribution in [0, 0.1) is 10.1 Å². The van der Waals surface area contributed by atoms with Gasteiger partial charge in [-0.1, -0.05) is 30.3 Å². The Morgan fingerprint density at radius 1 is 1.12 bits per heavy atom. The predicted molar refractivity (Wildman–Crippen MR) is 92.6 cm³/mol. The van der Waals surface area contributed by atoms with E-state index in [1.807, 2.05) is 30.3 Å². The molecule has 0 amide bonds. The minimum atomic E-state index is -3.71. The molecular formula is C16H19N3O4S. The van der Waals surface area contributed by atoms with Crippen LogP contribution in [0.25, 0.3) is 0 Å². The number of nitrogens with zero attached hydrogens (tertiary/aromatic N) is 1. The molecule has 128 valence electrons. The van der Waals surface area contributed by atoms with E-state index in [1.54, 1.807) is 0 Å². The molecule has 2 aromatic rings. The molecule has 0 saturated carbocycles. The zero-order valence-corrected chi connectivity index (χ0v) is 14.0. The Hall–Kier alpha value is -2.45. The van der Waals surface area contributed by atoms with E-state index in [0.717, 1.165) is 18.9 Å². The number of anilines is 1. The maximum absolute atomic E-state index is 11.8. The van der Waals surface area contributed by atoms with Crippen LogP contribution in [0.15, 0.2) is 53.4 Å².